The predicted octanol–water partition coefficient (Wildman–Crippen LogP) is 5.78. The summed E-state index contributed by atoms with van der Waals surface area (Å²) in [5.74, 6) is 0.953. The molecule has 328 valence electrons. The predicted molar refractivity (Wildman–Crippen MR) is 233 cm³/mol. The highest BCUT2D eigenvalue weighted by molar-refractivity contribution is 5.78. The van der Waals surface area contributed by atoms with Crippen LogP contribution in [0.4, 0.5) is 21.0 Å². The first kappa shape index (κ1) is 45.0. The first-order chi connectivity index (χ1) is 30.4. The summed E-state index contributed by atoms with van der Waals surface area (Å²) in [5, 5.41) is 14.6. The van der Waals surface area contributed by atoms with Gasteiger partial charge in [-0.05, 0) is 72.5 Å². The summed E-state index contributed by atoms with van der Waals surface area (Å²) >= 11 is 0. The summed E-state index contributed by atoms with van der Waals surface area (Å²) in [7, 11) is 0. The van der Waals surface area contributed by atoms with Crippen molar-refractivity contribution in [1.29, 1.82) is 0 Å². The standard InChI is InChI=1S/C46H56N8O8/c55-43-33-51-23-27-53(45(57)61-35-37-9-3-1-4-10-37)28-24-52(26-30-54(29-25-51)46(58)62-36-38-11-5-2-6-12-38)34-44(56)48-22-8-32-60-42-19-15-40(16-20-42)50-49-39-13-17-41(18-14-39)59-31-7-21-47-43/h1-6,9-20H,7-8,21-36H2,(H,47,55)(H,48,56). The first-order valence-corrected chi connectivity index (χ1v) is 21.1. The van der Waals surface area contributed by atoms with Gasteiger partial charge in [0.25, 0.3) is 0 Å². The Kier molecular flexibility index (Phi) is 17.9. The van der Waals surface area contributed by atoms with Crippen LogP contribution >= 0.6 is 0 Å². The zero-order chi connectivity index (χ0) is 43.2. The van der Waals surface area contributed by atoms with Gasteiger partial charge in [0.2, 0.25) is 11.8 Å². The van der Waals surface area contributed by atoms with E-state index in [1.807, 2.05) is 119 Å². The Morgan fingerprint density at radius 1 is 0.516 bits per heavy atom. The summed E-state index contributed by atoms with van der Waals surface area (Å²) in [6.07, 6.45) is 0.147. The van der Waals surface area contributed by atoms with Gasteiger partial charge in [0, 0.05) is 65.4 Å². The topological polar surface area (TPSA) is 167 Å². The summed E-state index contributed by atoms with van der Waals surface area (Å²) in [5.41, 5.74) is 3.05. The minimum absolute atomic E-state index is 0.0398. The van der Waals surface area contributed by atoms with E-state index in [2.05, 4.69) is 20.9 Å². The van der Waals surface area contributed by atoms with Crippen molar-refractivity contribution in [2.75, 3.05) is 91.8 Å². The van der Waals surface area contributed by atoms with Crippen LogP contribution in [0.15, 0.2) is 119 Å². The van der Waals surface area contributed by atoms with Gasteiger partial charge in [-0.25, -0.2) is 9.59 Å². The van der Waals surface area contributed by atoms with Gasteiger partial charge in [-0.15, -0.1) is 0 Å². The number of ether oxygens (including phenoxy) is 4. The fraction of sp³-hybridized carbons (Fsp3) is 0.391. The number of nitrogens with one attached hydrogen (secondary N) is 2. The molecule has 4 aromatic rings. The molecule has 4 aromatic carbocycles. The van der Waals surface area contributed by atoms with Crippen molar-refractivity contribution in [2.45, 2.75) is 26.1 Å². The fourth-order valence-corrected chi connectivity index (χ4v) is 6.63. The molecule has 2 N–H and O–H groups in total. The van der Waals surface area contributed by atoms with E-state index in [-0.39, 0.29) is 64.3 Å². The Balaban J connectivity index is 1.17. The molecule has 16 heteroatoms. The number of fused-ring (bicyclic) bond motifs is 1. The van der Waals surface area contributed by atoms with Gasteiger partial charge in [0.05, 0.1) is 37.7 Å². The van der Waals surface area contributed by atoms with Crippen LogP contribution in [0.2, 0.25) is 0 Å². The molecule has 10 rings (SSSR count). The molecule has 6 heterocycles. The van der Waals surface area contributed by atoms with Crippen molar-refractivity contribution in [2.24, 2.45) is 10.2 Å². The van der Waals surface area contributed by atoms with Crippen molar-refractivity contribution < 1.29 is 38.1 Å². The molecule has 1 fully saturated rings. The second-order valence-corrected chi connectivity index (χ2v) is 14.9. The zero-order valence-corrected chi connectivity index (χ0v) is 35.1. The highest BCUT2D eigenvalue weighted by atomic mass is 16.6. The van der Waals surface area contributed by atoms with Gasteiger partial charge in [-0.2, -0.15) is 10.2 Å². The number of benzene rings is 4. The van der Waals surface area contributed by atoms with Crippen LogP contribution in [0.5, 0.6) is 11.5 Å². The average molecular weight is 849 g/mol. The molecule has 4 amide bonds. The molecule has 0 spiro atoms. The van der Waals surface area contributed by atoms with E-state index < -0.39 is 12.2 Å². The summed E-state index contributed by atoms with van der Waals surface area (Å²) in [6, 6.07) is 33.5. The second-order valence-electron chi connectivity index (χ2n) is 14.9. The van der Waals surface area contributed by atoms with E-state index in [9.17, 15) is 19.2 Å². The first-order valence-electron chi connectivity index (χ1n) is 21.1. The van der Waals surface area contributed by atoms with E-state index in [0.29, 0.717) is 88.2 Å². The van der Waals surface area contributed by atoms with E-state index in [4.69, 9.17) is 18.9 Å². The number of hydrogen-bond donors (Lipinski definition) is 2. The largest absolute Gasteiger partial charge is 0.494 e. The van der Waals surface area contributed by atoms with E-state index in [1.54, 1.807) is 9.80 Å². The van der Waals surface area contributed by atoms with Crippen LogP contribution in [-0.4, -0.2) is 135 Å². The molecule has 6 bridgehead atoms. The average Bonchev–Trinajstić information content (AvgIpc) is 3.29. The van der Waals surface area contributed by atoms with Gasteiger partial charge in [-0.3, -0.25) is 19.4 Å². The smallest absolute Gasteiger partial charge is 0.410 e. The molecule has 0 aliphatic carbocycles. The molecule has 1 saturated heterocycles. The number of nitrogens with zero attached hydrogens (tertiary/aromatic N) is 6. The summed E-state index contributed by atoms with van der Waals surface area (Å²) in [4.78, 5) is 61.0. The Bertz CT molecular complexity index is 1860. The monoisotopic (exact) mass is 848 g/mol. The van der Waals surface area contributed by atoms with E-state index >= 15 is 0 Å². The van der Waals surface area contributed by atoms with Crippen LogP contribution < -0.4 is 20.1 Å². The Labute approximate surface area is 362 Å². The molecule has 62 heavy (non-hydrogen) atoms. The maximum absolute atomic E-state index is 13.6. The molecular formula is C46H56N8O8. The normalized spacial score (nSPS) is 19.0. The lowest BCUT2D eigenvalue weighted by Crippen LogP contribution is -2.51. The van der Waals surface area contributed by atoms with Crippen molar-refractivity contribution in [1.82, 2.24) is 30.2 Å². The molecule has 0 radical (unpaired) electrons. The van der Waals surface area contributed by atoms with Crippen molar-refractivity contribution >= 4 is 35.4 Å². The third kappa shape index (κ3) is 15.8. The van der Waals surface area contributed by atoms with E-state index in [0.717, 1.165) is 11.1 Å². The molecule has 0 saturated carbocycles. The van der Waals surface area contributed by atoms with Crippen molar-refractivity contribution in [3.05, 3.63) is 120 Å². The van der Waals surface area contributed by atoms with Crippen LogP contribution in [0.25, 0.3) is 0 Å². The SMILES string of the molecule is O=C1CN2CCN(C(=O)OCc3ccccc3)CCN(CCN(C(=O)OCc3ccccc3)CC2)CC(=O)NCCCOc2ccc(cc2)N=Nc2ccc(cc2)OCCCN1. The maximum atomic E-state index is 13.6. The maximum Gasteiger partial charge on any atom is 0.410 e. The molecule has 16 nitrogen and oxygen atoms in total. The van der Waals surface area contributed by atoms with Crippen LogP contribution in [-0.2, 0) is 32.3 Å². The highest BCUT2D eigenvalue weighted by Crippen LogP contribution is 2.23. The van der Waals surface area contributed by atoms with Gasteiger partial charge in [0.15, 0.2) is 0 Å². The van der Waals surface area contributed by atoms with Crippen LogP contribution in [0.3, 0.4) is 0 Å². The van der Waals surface area contributed by atoms with Gasteiger partial charge in [-0.1, -0.05) is 60.7 Å². The third-order valence-electron chi connectivity index (χ3n) is 10.2. The van der Waals surface area contributed by atoms with Crippen LogP contribution in [0, 0.1) is 0 Å². The minimum atomic E-state index is -0.500. The second kappa shape index (κ2) is 24.7. The molecule has 0 unspecified atom stereocenters. The lowest BCUT2D eigenvalue weighted by atomic mass is 10.2. The zero-order valence-electron chi connectivity index (χ0n) is 35.1. The lowest BCUT2D eigenvalue weighted by molar-refractivity contribution is -0.122. The number of rotatable bonds is 4. The fourth-order valence-electron chi connectivity index (χ4n) is 6.63. The molecule has 6 aliphatic rings. The lowest BCUT2D eigenvalue weighted by Gasteiger charge is -2.33. The highest BCUT2D eigenvalue weighted by Gasteiger charge is 2.24. The number of carbonyl (C=O) groups excluding carboxylic acids is 4. The Morgan fingerprint density at radius 3 is 1.26 bits per heavy atom. The third-order valence-corrected chi connectivity index (χ3v) is 10.2. The summed E-state index contributed by atoms with van der Waals surface area (Å²) < 4.78 is 23.3. The Morgan fingerprint density at radius 2 is 0.887 bits per heavy atom. The Hall–Kier alpha value is -6.52. The number of carbonyl (C=O) groups is 4. The minimum Gasteiger partial charge on any atom is -0.494 e. The van der Waals surface area contributed by atoms with E-state index in [1.165, 1.54) is 0 Å². The quantitative estimate of drug-likeness (QED) is 0.257. The number of azo groups is 1. The van der Waals surface area contributed by atoms with Gasteiger partial charge < -0.3 is 39.4 Å². The van der Waals surface area contributed by atoms with Crippen molar-refractivity contribution in [3.63, 3.8) is 0 Å². The van der Waals surface area contributed by atoms with Gasteiger partial charge in [0.1, 0.15) is 24.7 Å². The number of hydrogen-bond acceptors (Lipinski definition) is 12. The molecular weight excluding hydrogens is 793 g/mol. The van der Waals surface area contributed by atoms with Crippen LogP contribution in [0.1, 0.15) is 24.0 Å². The van der Waals surface area contributed by atoms with Crippen molar-refractivity contribution in [3.8, 4) is 11.5 Å². The molecule has 0 aromatic heterocycles. The molecule has 6 aliphatic heterocycles. The number of amides is 4. The molecule has 0 atom stereocenters. The van der Waals surface area contributed by atoms with Gasteiger partial charge >= 0.3 is 12.2 Å². The summed E-state index contributed by atoms with van der Waals surface area (Å²) in [6.45, 7) is 4.12.